The molecule has 1 aliphatic carbocycles. The zero-order chi connectivity index (χ0) is 28.1. The fraction of sp³-hybridized carbons (Fsp3) is 0.815. The second-order valence-electron chi connectivity index (χ2n) is 11.1. The van der Waals surface area contributed by atoms with E-state index in [1.807, 2.05) is 0 Å². The van der Waals surface area contributed by atoms with Crippen molar-refractivity contribution in [3.63, 3.8) is 0 Å². The second kappa shape index (κ2) is 16.7. The molecule has 1 amide bonds. The Morgan fingerprint density at radius 1 is 0.605 bits per heavy atom. The van der Waals surface area contributed by atoms with E-state index < -0.39 is 5.97 Å². The molecule has 1 aliphatic heterocycles. The maximum atomic E-state index is 12.8. The first-order chi connectivity index (χ1) is 18.0. The van der Waals surface area contributed by atoms with Crippen LogP contribution in [0, 0.1) is 11.8 Å². The summed E-state index contributed by atoms with van der Waals surface area (Å²) in [4.78, 5) is 67.9. The highest BCUT2D eigenvalue weighted by Gasteiger charge is 2.26. The zero-order valence-corrected chi connectivity index (χ0v) is 23.5. The van der Waals surface area contributed by atoms with Gasteiger partial charge >= 0.3 is 5.97 Å². The summed E-state index contributed by atoms with van der Waals surface area (Å²) in [7, 11) is 0. The maximum absolute atomic E-state index is 12.8. The van der Waals surface area contributed by atoms with Gasteiger partial charge in [-0.15, -0.1) is 0 Å². The number of rotatable bonds is 11. The van der Waals surface area contributed by atoms with E-state index in [-0.39, 0.29) is 35.7 Å². The number of nitrogens with one attached hydrogen (secondary N) is 1. The summed E-state index contributed by atoms with van der Waals surface area (Å²) >= 11 is 0. The van der Waals surface area contributed by atoms with E-state index in [9.17, 15) is 29.1 Å². The highest BCUT2D eigenvalue weighted by molar-refractivity contribution is 5.79. The molecule has 11 heteroatoms. The first-order valence-electron chi connectivity index (χ1n) is 13.9. The van der Waals surface area contributed by atoms with Crippen LogP contribution < -0.4 is 5.32 Å². The monoisotopic (exact) mass is 537 g/mol. The molecule has 38 heavy (non-hydrogen) atoms. The van der Waals surface area contributed by atoms with Gasteiger partial charge in [0.05, 0.1) is 32.1 Å². The van der Waals surface area contributed by atoms with Gasteiger partial charge in [-0.1, -0.05) is 0 Å². The fourth-order valence-corrected chi connectivity index (χ4v) is 5.29. The number of amides is 1. The number of hydrogen-bond donors (Lipinski definition) is 2. The van der Waals surface area contributed by atoms with Gasteiger partial charge < -0.3 is 10.4 Å². The number of ketones is 3. The van der Waals surface area contributed by atoms with Gasteiger partial charge in [0.1, 0.15) is 17.3 Å². The fourth-order valence-electron chi connectivity index (χ4n) is 5.29. The minimum Gasteiger partial charge on any atom is -0.481 e. The summed E-state index contributed by atoms with van der Waals surface area (Å²) in [5.74, 6) is -0.533. The predicted molar refractivity (Wildman–Crippen MR) is 144 cm³/mol. The third-order valence-electron chi connectivity index (χ3n) is 7.42. The average molecular weight is 538 g/mol. The van der Waals surface area contributed by atoms with Crippen molar-refractivity contribution in [1.29, 1.82) is 0 Å². The highest BCUT2D eigenvalue weighted by Crippen LogP contribution is 2.28. The largest absolute Gasteiger partial charge is 0.481 e. The lowest BCUT2D eigenvalue weighted by Crippen LogP contribution is -2.49. The van der Waals surface area contributed by atoms with E-state index in [0.717, 1.165) is 12.8 Å². The van der Waals surface area contributed by atoms with Crippen LogP contribution in [-0.2, 0) is 24.0 Å². The van der Waals surface area contributed by atoms with Crippen LogP contribution in [-0.4, -0.2) is 139 Å². The number of carbonyl (C=O) groups excluding carboxylic acids is 4. The van der Waals surface area contributed by atoms with Crippen LogP contribution in [0.25, 0.3) is 0 Å². The smallest absolute Gasteiger partial charge is 0.306 e. The zero-order valence-electron chi connectivity index (χ0n) is 23.5. The van der Waals surface area contributed by atoms with E-state index in [1.165, 1.54) is 0 Å². The van der Waals surface area contributed by atoms with E-state index in [4.69, 9.17) is 0 Å². The van der Waals surface area contributed by atoms with E-state index >= 15 is 0 Å². The van der Waals surface area contributed by atoms with Crippen LogP contribution in [0.3, 0.4) is 0 Å². The molecule has 2 N–H and O–H groups in total. The first-order valence-corrected chi connectivity index (χ1v) is 13.9. The van der Waals surface area contributed by atoms with Crippen molar-refractivity contribution < 1.29 is 29.1 Å². The lowest BCUT2D eigenvalue weighted by atomic mass is 9.82. The molecule has 0 atom stereocenters. The third kappa shape index (κ3) is 13.0. The molecule has 1 saturated carbocycles. The molecule has 0 aromatic rings. The Hall–Kier alpha value is -2.21. The molecule has 0 unspecified atom stereocenters. The molecule has 2 fully saturated rings. The number of carbonyl (C=O) groups is 5. The quantitative estimate of drug-likeness (QED) is 0.371. The molecular weight excluding hydrogens is 490 g/mol. The molecule has 216 valence electrons. The van der Waals surface area contributed by atoms with Gasteiger partial charge in [-0.25, -0.2) is 0 Å². The average Bonchev–Trinajstić information content (AvgIpc) is 2.83. The van der Waals surface area contributed by atoms with Crippen molar-refractivity contribution in [3.05, 3.63) is 0 Å². The summed E-state index contributed by atoms with van der Waals surface area (Å²) in [6.45, 7) is 11.5. The normalized spacial score (nSPS) is 23.7. The summed E-state index contributed by atoms with van der Waals surface area (Å²) in [5.41, 5.74) is 0. The van der Waals surface area contributed by atoms with Gasteiger partial charge in [0, 0.05) is 58.9 Å². The molecule has 1 saturated heterocycles. The second-order valence-corrected chi connectivity index (χ2v) is 11.1. The number of aliphatic carboxylic acids is 1. The predicted octanol–water partition coefficient (Wildman–Crippen LogP) is -0.0178. The molecule has 1 heterocycles. The summed E-state index contributed by atoms with van der Waals surface area (Å²) in [6, 6.07) is 0. The van der Waals surface area contributed by atoms with Gasteiger partial charge in [0.25, 0.3) is 0 Å². The van der Waals surface area contributed by atoms with E-state index in [0.29, 0.717) is 97.3 Å². The molecule has 0 radical (unpaired) electrons. The van der Waals surface area contributed by atoms with Gasteiger partial charge in [0.2, 0.25) is 5.91 Å². The van der Waals surface area contributed by atoms with Crippen molar-refractivity contribution in [2.24, 2.45) is 11.8 Å². The number of nitrogens with zero attached hydrogens (tertiary/aromatic N) is 4. The highest BCUT2D eigenvalue weighted by atomic mass is 16.4. The molecule has 11 nitrogen and oxygen atoms in total. The van der Waals surface area contributed by atoms with Crippen molar-refractivity contribution in [2.75, 3.05) is 85.1 Å². The molecule has 0 aromatic carbocycles. The lowest BCUT2D eigenvalue weighted by molar-refractivity contribution is -0.143. The van der Waals surface area contributed by atoms with E-state index in [2.05, 4.69) is 24.9 Å². The molecule has 0 aromatic heterocycles. The van der Waals surface area contributed by atoms with Crippen LogP contribution in [0.4, 0.5) is 0 Å². The number of hydrogen-bond acceptors (Lipinski definition) is 9. The molecule has 2 aliphatic rings. The van der Waals surface area contributed by atoms with Crippen LogP contribution in [0.2, 0.25) is 0 Å². The molecule has 2 rings (SSSR count). The molecule has 0 spiro atoms. The van der Waals surface area contributed by atoms with Crippen LogP contribution in [0.1, 0.15) is 46.5 Å². The maximum Gasteiger partial charge on any atom is 0.306 e. The number of carboxylic acid groups (broad SMARTS) is 1. The summed E-state index contributed by atoms with van der Waals surface area (Å²) in [6.07, 6.45) is 2.93. The van der Waals surface area contributed by atoms with Crippen molar-refractivity contribution in [3.8, 4) is 0 Å². The minimum absolute atomic E-state index is 0.0682. The van der Waals surface area contributed by atoms with E-state index in [1.54, 1.807) is 20.8 Å². The summed E-state index contributed by atoms with van der Waals surface area (Å²) < 4.78 is 0. The van der Waals surface area contributed by atoms with Gasteiger partial charge in [-0.2, -0.15) is 0 Å². The Balaban J connectivity index is 1.99. The van der Waals surface area contributed by atoms with Gasteiger partial charge in [0.15, 0.2) is 0 Å². The van der Waals surface area contributed by atoms with Crippen LogP contribution in [0.5, 0.6) is 0 Å². The Bertz CT molecular complexity index is 782. The Morgan fingerprint density at radius 2 is 0.947 bits per heavy atom. The first kappa shape index (κ1) is 32.0. The number of Topliss-reactive ketones (excluding diaryl/α,β-unsaturated/α-hetero) is 3. The van der Waals surface area contributed by atoms with Crippen LogP contribution >= 0.6 is 0 Å². The lowest BCUT2D eigenvalue weighted by Gasteiger charge is -2.33. The Kier molecular flexibility index (Phi) is 14.1. The Labute approximate surface area is 226 Å². The molecular formula is C27H47N5O6. The van der Waals surface area contributed by atoms with Gasteiger partial charge in [-0.05, 0) is 52.4 Å². The van der Waals surface area contributed by atoms with Gasteiger partial charge in [-0.3, -0.25) is 43.6 Å². The third-order valence-corrected chi connectivity index (χ3v) is 7.42. The topological polar surface area (TPSA) is 131 Å². The van der Waals surface area contributed by atoms with Crippen LogP contribution in [0.15, 0.2) is 0 Å². The Morgan fingerprint density at radius 3 is 1.26 bits per heavy atom. The SMILES string of the molecule is CC(=O)CN1CCN(CC(C)=O)CCN(CC(=O)NCC2CCC(C(=O)O)CC2)CCN(CC(C)=O)CC1. The summed E-state index contributed by atoms with van der Waals surface area (Å²) in [5, 5.41) is 12.2. The number of carboxylic acids is 1. The van der Waals surface area contributed by atoms with Crippen molar-refractivity contribution in [1.82, 2.24) is 24.9 Å². The standard InChI is InChI=1S/C27H47N5O6/c1-21(33)17-29-8-10-30(18-22(2)34)12-14-32(15-13-31(11-9-29)19-23(3)35)20-26(36)28-16-24-4-6-25(7-5-24)27(37)38/h24-25H,4-20H2,1-3H3,(H,28,36)(H,37,38). The van der Waals surface area contributed by atoms with Crippen molar-refractivity contribution >= 4 is 29.2 Å². The minimum atomic E-state index is -0.730. The molecule has 0 bridgehead atoms. The van der Waals surface area contributed by atoms with Crippen molar-refractivity contribution in [2.45, 2.75) is 46.5 Å².